The first-order valence-corrected chi connectivity index (χ1v) is 11.2. The van der Waals surface area contributed by atoms with Crippen molar-refractivity contribution in [3.05, 3.63) is 28.3 Å². The van der Waals surface area contributed by atoms with Crippen LogP contribution in [0.2, 0.25) is 5.02 Å². The SMILES string of the molecule is CCN(CC)CCCN(C)CCC(C)CCCOc1cc(C(=O)O)cc(Cl)c1C#N. The first kappa shape index (κ1) is 26.2. The summed E-state index contributed by atoms with van der Waals surface area (Å²) in [5.74, 6) is -0.285. The zero-order valence-corrected chi connectivity index (χ0v) is 19.5. The monoisotopic (exact) mass is 437 g/mol. The van der Waals surface area contributed by atoms with E-state index in [1.807, 2.05) is 6.07 Å². The summed E-state index contributed by atoms with van der Waals surface area (Å²) in [5, 5.41) is 18.5. The normalized spacial score (nSPS) is 12.2. The Morgan fingerprint density at radius 2 is 1.90 bits per heavy atom. The fraction of sp³-hybridized carbons (Fsp3) is 0.652. The number of rotatable bonds is 15. The van der Waals surface area contributed by atoms with Gasteiger partial charge in [-0.25, -0.2) is 4.79 Å². The summed E-state index contributed by atoms with van der Waals surface area (Å²) in [6, 6.07) is 4.62. The Kier molecular flexibility index (Phi) is 12.4. The van der Waals surface area contributed by atoms with Crippen LogP contribution >= 0.6 is 11.6 Å². The zero-order chi connectivity index (χ0) is 22.5. The molecule has 1 aromatic carbocycles. The largest absolute Gasteiger partial charge is 0.492 e. The third kappa shape index (κ3) is 9.34. The summed E-state index contributed by atoms with van der Waals surface area (Å²) in [6.07, 6.45) is 4.18. The smallest absolute Gasteiger partial charge is 0.335 e. The summed E-state index contributed by atoms with van der Waals surface area (Å²) in [5.41, 5.74) is 0.201. The summed E-state index contributed by atoms with van der Waals surface area (Å²) in [6.45, 7) is 12.7. The number of hydrogen-bond donors (Lipinski definition) is 1. The highest BCUT2D eigenvalue weighted by atomic mass is 35.5. The molecule has 1 unspecified atom stereocenters. The van der Waals surface area contributed by atoms with Gasteiger partial charge in [-0.1, -0.05) is 32.4 Å². The molecule has 6 nitrogen and oxygen atoms in total. The Morgan fingerprint density at radius 1 is 1.20 bits per heavy atom. The van der Waals surface area contributed by atoms with Crippen LogP contribution in [-0.2, 0) is 0 Å². The molecule has 0 amide bonds. The van der Waals surface area contributed by atoms with E-state index in [9.17, 15) is 10.1 Å². The second-order valence-electron chi connectivity index (χ2n) is 7.82. The molecule has 1 rings (SSSR count). The van der Waals surface area contributed by atoms with E-state index in [1.54, 1.807) is 0 Å². The highest BCUT2D eigenvalue weighted by molar-refractivity contribution is 6.32. The molecule has 0 radical (unpaired) electrons. The Labute approximate surface area is 186 Å². The lowest BCUT2D eigenvalue weighted by Crippen LogP contribution is -2.29. The average molecular weight is 438 g/mol. The lowest BCUT2D eigenvalue weighted by atomic mass is 10.0. The molecule has 0 saturated carbocycles. The maximum atomic E-state index is 11.2. The van der Waals surface area contributed by atoms with Crippen LogP contribution in [0, 0.1) is 17.2 Å². The molecule has 0 bridgehead atoms. The minimum Gasteiger partial charge on any atom is -0.492 e. The van der Waals surface area contributed by atoms with Crippen LogP contribution in [0.15, 0.2) is 12.1 Å². The average Bonchev–Trinajstić information content (AvgIpc) is 2.72. The standard InChI is InChI=1S/C23H36ClN3O3/c1-5-27(6-2)12-8-11-26(4)13-10-18(3)9-7-14-30-22-16-19(23(28)29)15-21(24)20(22)17-25/h15-16,18H,5-14H2,1-4H3,(H,28,29). The number of carbonyl (C=O) groups is 1. The van der Waals surface area contributed by atoms with Crippen molar-refractivity contribution in [3.8, 4) is 11.8 Å². The molecule has 1 aromatic rings. The second kappa shape index (κ2) is 14.2. The third-order valence-corrected chi connectivity index (χ3v) is 5.72. The van der Waals surface area contributed by atoms with E-state index in [0.717, 1.165) is 52.0 Å². The number of aromatic carboxylic acids is 1. The Hall–Kier alpha value is -1.81. The molecule has 0 aromatic heterocycles. The van der Waals surface area contributed by atoms with E-state index >= 15 is 0 Å². The fourth-order valence-corrected chi connectivity index (χ4v) is 3.60. The van der Waals surface area contributed by atoms with Gasteiger partial charge in [0.05, 0.1) is 17.2 Å². The van der Waals surface area contributed by atoms with Crippen molar-refractivity contribution in [2.45, 2.75) is 46.5 Å². The van der Waals surface area contributed by atoms with Crippen LogP contribution < -0.4 is 4.74 Å². The van der Waals surface area contributed by atoms with Crippen LogP contribution in [0.3, 0.4) is 0 Å². The van der Waals surface area contributed by atoms with Gasteiger partial charge < -0.3 is 19.6 Å². The maximum absolute atomic E-state index is 11.2. The van der Waals surface area contributed by atoms with Gasteiger partial charge in [0.15, 0.2) is 0 Å². The molecule has 0 fully saturated rings. The van der Waals surface area contributed by atoms with Crippen LogP contribution in [0.25, 0.3) is 0 Å². The Morgan fingerprint density at radius 3 is 2.50 bits per heavy atom. The molecule has 0 aliphatic heterocycles. The van der Waals surface area contributed by atoms with Crippen molar-refractivity contribution in [2.75, 3.05) is 46.4 Å². The highest BCUT2D eigenvalue weighted by Crippen LogP contribution is 2.28. The maximum Gasteiger partial charge on any atom is 0.335 e. The summed E-state index contributed by atoms with van der Waals surface area (Å²) >= 11 is 6.01. The summed E-state index contributed by atoms with van der Waals surface area (Å²) in [4.78, 5) is 16.0. The van der Waals surface area contributed by atoms with Crippen LogP contribution in [0.4, 0.5) is 0 Å². The number of hydrogen-bond acceptors (Lipinski definition) is 5. The predicted octanol–water partition coefficient (Wildman–Crippen LogP) is 4.76. The van der Waals surface area contributed by atoms with Crippen LogP contribution in [0.5, 0.6) is 5.75 Å². The number of ether oxygens (including phenoxy) is 1. The lowest BCUT2D eigenvalue weighted by molar-refractivity contribution is 0.0696. The topological polar surface area (TPSA) is 76.8 Å². The number of benzene rings is 1. The number of halogens is 1. The minimum absolute atomic E-state index is 0.0198. The molecule has 0 heterocycles. The van der Waals surface area contributed by atoms with Crippen molar-refractivity contribution in [1.82, 2.24) is 9.80 Å². The van der Waals surface area contributed by atoms with Crippen LogP contribution in [-0.4, -0.2) is 67.3 Å². The van der Waals surface area contributed by atoms with Crippen molar-refractivity contribution in [2.24, 2.45) is 5.92 Å². The van der Waals surface area contributed by atoms with E-state index in [0.29, 0.717) is 12.5 Å². The second-order valence-corrected chi connectivity index (χ2v) is 8.22. The summed E-state index contributed by atoms with van der Waals surface area (Å²) < 4.78 is 5.69. The lowest BCUT2D eigenvalue weighted by Gasteiger charge is -2.22. The van der Waals surface area contributed by atoms with E-state index < -0.39 is 5.97 Å². The molecule has 0 spiro atoms. The third-order valence-electron chi connectivity index (χ3n) is 5.42. The molecule has 0 aliphatic carbocycles. The van der Waals surface area contributed by atoms with Gasteiger partial charge in [-0.05, 0) is 83.5 Å². The van der Waals surface area contributed by atoms with Gasteiger partial charge in [0.1, 0.15) is 17.4 Å². The van der Waals surface area contributed by atoms with Gasteiger partial charge in [0.2, 0.25) is 0 Å². The molecular weight excluding hydrogens is 402 g/mol. The Bertz CT molecular complexity index is 702. The van der Waals surface area contributed by atoms with Crippen molar-refractivity contribution >= 4 is 17.6 Å². The van der Waals surface area contributed by atoms with Crippen molar-refractivity contribution in [1.29, 1.82) is 5.26 Å². The van der Waals surface area contributed by atoms with Gasteiger partial charge in [-0.15, -0.1) is 0 Å². The molecule has 168 valence electrons. The molecule has 0 aliphatic rings. The number of carboxylic acid groups (broad SMARTS) is 1. The zero-order valence-electron chi connectivity index (χ0n) is 18.8. The quantitative estimate of drug-likeness (QED) is 0.398. The van der Waals surface area contributed by atoms with Gasteiger partial charge in [-0.3, -0.25) is 0 Å². The first-order chi connectivity index (χ1) is 14.3. The van der Waals surface area contributed by atoms with Gasteiger partial charge in [0.25, 0.3) is 0 Å². The number of nitriles is 1. The van der Waals surface area contributed by atoms with Crippen molar-refractivity contribution in [3.63, 3.8) is 0 Å². The van der Waals surface area contributed by atoms with E-state index in [-0.39, 0.29) is 21.9 Å². The summed E-state index contributed by atoms with van der Waals surface area (Å²) in [7, 11) is 2.18. The first-order valence-electron chi connectivity index (χ1n) is 10.8. The van der Waals surface area contributed by atoms with Gasteiger partial charge in [0, 0.05) is 0 Å². The van der Waals surface area contributed by atoms with E-state index in [2.05, 4.69) is 37.6 Å². The van der Waals surface area contributed by atoms with Crippen molar-refractivity contribution < 1.29 is 14.6 Å². The molecule has 1 atom stereocenters. The van der Waals surface area contributed by atoms with Gasteiger partial charge in [-0.2, -0.15) is 5.26 Å². The number of nitrogens with zero attached hydrogens (tertiary/aromatic N) is 3. The Balaban J connectivity index is 2.33. The molecular formula is C23H36ClN3O3. The van der Waals surface area contributed by atoms with Crippen LogP contribution in [0.1, 0.15) is 62.4 Å². The van der Waals surface area contributed by atoms with E-state index in [1.165, 1.54) is 18.6 Å². The number of carboxylic acids is 1. The fourth-order valence-electron chi connectivity index (χ4n) is 3.34. The van der Waals surface area contributed by atoms with Gasteiger partial charge >= 0.3 is 5.97 Å². The molecule has 0 saturated heterocycles. The molecule has 1 N–H and O–H groups in total. The van der Waals surface area contributed by atoms with E-state index in [4.69, 9.17) is 21.4 Å². The minimum atomic E-state index is -1.10. The molecule has 7 heteroatoms. The predicted molar refractivity (Wildman–Crippen MR) is 122 cm³/mol. The highest BCUT2D eigenvalue weighted by Gasteiger charge is 2.14. The molecule has 30 heavy (non-hydrogen) atoms.